The monoisotopic (exact) mass is 356 g/mol. The first-order valence-corrected chi connectivity index (χ1v) is 14.1. The van der Waals surface area contributed by atoms with Gasteiger partial charge in [-0.1, -0.05) is 0 Å². The molecule has 0 N–H and O–H groups in total. The molecule has 0 aliphatic heterocycles. The van der Waals surface area contributed by atoms with E-state index in [0.717, 1.165) is 0 Å². The van der Waals surface area contributed by atoms with Crippen LogP contribution >= 0.6 is 98.0 Å². The van der Waals surface area contributed by atoms with E-state index in [2.05, 4.69) is 0 Å². The Morgan fingerprint density at radius 3 is 0.727 bits per heavy atom. The summed E-state index contributed by atoms with van der Waals surface area (Å²) in [6, 6.07) is 0. The van der Waals surface area contributed by atoms with Crippen molar-refractivity contribution < 1.29 is 0 Å². The van der Waals surface area contributed by atoms with E-state index in [-0.39, 0.29) is 0 Å². The van der Waals surface area contributed by atoms with E-state index in [1.807, 2.05) is 0 Å². The zero-order valence-corrected chi connectivity index (χ0v) is 12.5. The number of halogens is 8. The Morgan fingerprint density at radius 2 is 0.727 bits per heavy atom. The molecular weight excluding hydrogens is 358 g/mol. The van der Waals surface area contributed by atoms with E-state index in [1.165, 1.54) is 0 Å². The van der Waals surface area contributed by atoms with Crippen molar-refractivity contribution in [3.63, 3.8) is 0 Å². The number of hydrogen-bond donors (Lipinski definition) is 0. The van der Waals surface area contributed by atoms with Gasteiger partial charge in [0.1, 0.15) is 0 Å². The second kappa shape index (κ2) is 3.34. The van der Waals surface area contributed by atoms with Crippen molar-refractivity contribution >= 4 is 98.0 Å². The molecule has 72 valence electrons. The van der Waals surface area contributed by atoms with Crippen LogP contribution < -0.4 is 0 Å². The van der Waals surface area contributed by atoms with Crippen LogP contribution in [0.1, 0.15) is 0 Å². The van der Waals surface area contributed by atoms with Crippen LogP contribution in [0, 0.1) is 0 Å². The fraction of sp³-hybridized carbons (Fsp3) is 1.00. The summed E-state index contributed by atoms with van der Waals surface area (Å²) < 4.78 is -7.81. The van der Waals surface area contributed by atoms with Crippen LogP contribution in [0.2, 0.25) is 0 Å². The first-order chi connectivity index (χ1) is 4.21. The topological polar surface area (TPSA) is 0 Å². The molecule has 0 saturated heterocycles. The summed E-state index contributed by atoms with van der Waals surface area (Å²) in [4.78, 5) is 0. The Balaban J connectivity index is 4.55. The Kier molecular flexibility index (Phi) is 4.31. The molecule has 0 aromatic carbocycles. The molecular formula is CH2Cl8P2. The van der Waals surface area contributed by atoms with Gasteiger partial charge in [-0.2, -0.15) is 0 Å². The van der Waals surface area contributed by atoms with Crippen molar-refractivity contribution in [3.05, 3.63) is 0 Å². The van der Waals surface area contributed by atoms with Gasteiger partial charge in [-0.05, 0) is 0 Å². The number of rotatable bonds is 2. The molecule has 0 heterocycles. The van der Waals surface area contributed by atoms with Gasteiger partial charge >= 0.3 is 104 Å². The average Bonchev–Trinajstić information content (AvgIpc) is 1.04. The van der Waals surface area contributed by atoms with Crippen LogP contribution in [-0.2, 0) is 0 Å². The summed E-state index contributed by atoms with van der Waals surface area (Å²) in [5.41, 5.74) is 0. The van der Waals surface area contributed by atoms with Crippen molar-refractivity contribution in [2.24, 2.45) is 0 Å². The fourth-order valence-electron chi connectivity index (χ4n) is 0.323. The van der Waals surface area contributed by atoms with Crippen LogP contribution in [-0.4, -0.2) is 5.90 Å². The molecule has 0 aromatic rings. The molecule has 0 aliphatic rings. The minimum absolute atomic E-state index is 0.393. The Labute approximate surface area is 103 Å². The first-order valence-electron chi connectivity index (χ1n) is 1.98. The summed E-state index contributed by atoms with van der Waals surface area (Å²) in [5.74, 6) is -0.393. The molecule has 0 radical (unpaired) electrons. The third-order valence-corrected chi connectivity index (χ3v) is 11.5. The van der Waals surface area contributed by atoms with E-state index in [0.29, 0.717) is 0 Å². The standard InChI is InChI=1S/CH2Cl8P2/c2-10(3,4,5)1-11(6,7,8)9/h1H2. The Bertz CT molecular complexity index is 130. The van der Waals surface area contributed by atoms with Gasteiger partial charge in [0.25, 0.3) is 0 Å². The van der Waals surface area contributed by atoms with Crippen molar-refractivity contribution in [2.75, 3.05) is 5.90 Å². The van der Waals surface area contributed by atoms with Crippen molar-refractivity contribution in [2.45, 2.75) is 0 Å². The Hall–Kier alpha value is 3.18. The second-order valence-electron chi connectivity index (χ2n) is 1.86. The zero-order valence-electron chi connectivity index (χ0n) is 4.63. The van der Waals surface area contributed by atoms with E-state index < -0.39 is 13.9 Å². The maximum absolute atomic E-state index is 5.48. The van der Waals surface area contributed by atoms with Gasteiger partial charge in [-0.25, -0.2) is 0 Å². The van der Waals surface area contributed by atoms with Crippen LogP contribution in [0.5, 0.6) is 0 Å². The van der Waals surface area contributed by atoms with E-state index in [1.54, 1.807) is 0 Å². The van der Waals surface area contributed by atoms with Crippen LogP contribution in [0.15, 0.2) is 0 Å². The molecule has 0 rings (SSSR count). The molecule has 0 fully saturated rings. The molecule has 0 aromatic heterocycles. The zero-order chi connectivity index (χ0) is 9.60. The van der Waals surface area contributed by atoms with Crippen LogP contribution in [0.4, 0.5) is 0 Å². The van der Waals surface area contributed by atoms with Crippen LogP contribution in [0.3, 0.4) is 0 Å². The summed E-state index contributed by atoms with van der Waals surface area (Å²) in [6.45, 7) is 0. The molecule has 0 aliphatic carbocycles. The van der Waals surface area contributed by atoms with Gasteiger partial charge in [0.05, 0.1) is 0 Å². The molecule has 0 atom stereocenters. The minimum atomic E-state index is -3.90. The van der Waals surface area contributed by atoms with Gasteiger partial charge < -0.3 is 0 Å². The third-order valence-electron chi connectivity index (χ3n) is 0.428. The predicted molar refractivity (Wildman–Crippen MR) is 65.5 cm³/mol. The van der Waals surface area contributed by atoms with Gasteiger partial charge in [0, 0.05) is 0 Å². The molecule has 0 spiro atoms. The molecule has 10 heteroatoms. The Morgan fingerprint density at radius 1 is 0.545 bits per heavy atom. The molecule has 11 heavy (non-hydrogen) atoms. The van der Waals surface area contributed by atoms with Crippen molar-refractivity contribution in [1.29, 1.82) is 0 Å². The quantitative estimate of drug-likeness (QED) is 0.454. The molecule has 0 nitrogen and oxygen atoms in total. The summed E-state index contributed by atoms with van der Waals surface area (Å²) >= 11 is 43.9. The van der Waals surface area contributed by atoms with Crippen molar-refractivity contribution in [3.8, 4) is 0 Å². The molecule has 0 amide bonds. The van der Waals surface area contributed by atoms with Gasteiger partial charge in [0.2, 0.25) is 0 Å². The molecule has 0 saturated carbocycles. The average molecular weight is 360 g/mol. The van der Waals surface area contributed by atoms with E-state index >= 15 is 0 Å². The summed E-state index contributed by atoms with van der Waals surface area (Å²) in [5, 5.41) is 0. The molecule has 0 unspecified atom stereocenters. The summed E-state index contributed by atoms with van der Waals surface area (Å²) in [6.07, 6.45) is 0. The van der Waals surface area contributed by atoms with Crippen LogP contribution in [0.25, 0.3) is 0 Å². The fourth-order valence-corrected chi connectivity index (χ4v) is 26.2. The number of hydrogen-bond acceptors (Lipinski definition) is 0. The first kappa shape index (κ1) is 14.2. The third kappa shape index (κ3) is 13.2. The molecule has 0 bridgehead atoms. The second-order valence-corrected chi connectivity index (χ2v) is 30.6. The van der Waals surface area contributed by atoms with E-state index in [9.17, 15) is 0 Å². The maximum atomic E-state index is 5.48. The van der Waals surface area contributed by atoms with Gasteiger partial charge in [-0.3, -0.25) is 0 Å². The van der Waals surface area contributed by atoms with Crippen molar-refractivity contribution in [1.82, 2.24) is 0 Å². The van der Waals surface area contributed by atoms with Gasteiger partial charge in [-0.15, -0.1) is 0 Å². The van der Waals surface area contributed by atoms with Gasteiger partial charge in [0.15, 0.2) is 0 Å². The SMILES string of the molecule is ClP(Cl)(Cl)(Cl)CP(Cl)(Cl)(Cl)Cl. The predicted octanol–water partition coefficient (Wildman–Crippen LogP) is 7.28. The normalized spacial score (nSPS) is 21.5. The summed E-state index contributed by atoms with van der Waals surface area (Å²) in [7, 11) is 0. The van der Waals surface area contributed by atoms with E-state index in [4.69, 9.17) is 89.9 Å².